The molecule has 2 aromatic carbocycles. The molecule has 0 spiro atoms. The number of methoxy groups -OCH3 is 1. The van der Waals surface area contributed by atoms with Crippen molar-refractivity contribution in [1.29, 1.82) is 0 Å². The highest BCUT2D eigenvalue weighted by molar-refractivity contribution is 6.09. The Labute approximate surface area is 199 Å². The first-order valence-corrected chi connectivity index (χ1v) is 10.3. The number of hydrogen-bond donors (Lipinski definition) is 0. The van der Waals surface area contributed by atoms with Crippen molar-refractivity contribution in [3.05, 3.63) is 47.5 Å². The molecule has 0 N–H and O–H groups in total. The second-order valence-electron chi connectivity index (χ2n) is 7.44. The Morgan fingerprint density at radius 1 is 0.829 bits per heavy atom. The molecule has 35 heavy (non-hydrogen) atoms. The van der Waals surface area contributed by atoms with Crippen molar-refractivity contribution >= 4 is 29.7 Å². The van der Waals surface area contributed by atoms with E-state index in [1.165, 1.54) is 37.3 Å². The van der Waals surface area contributed by atoms with Gasteiger partial charge in [0.15, 0.2) is 6.10 Å². The molecule has 0 aliphatic carbocycles. The maximum atomic E-state index is 13.8. The van der Waals surface area contributed by atoms with E-state index in [1.807, 2.05) is 0 Å². The highest BCUT2D eigenvalue weighted by Gasteiger charge is 2.58. The van der Waals surface area contributed by atoms with Crippen molar-refractivity contribution in [3.8, 4) is 23.0 Å². The highest BCUT2D eigenvalue weighted by Crippen LogP contribution is 2.49. The average molecular weight is 486 g/mol. The Hall–Kier alpha value is -4.25. The van der Waals surface area contributed by atoms with Crippen molar-refractivity contribution in [2.24, 2.45) is 0 Å². The zero-order valence-corrected chi connectivity index (χ0v) is 19.5. The zero-order chi connectivity index (χ0) is 25.9. The van der Waals surface area contributed by atoms with Gasteiger partial charge in [0, 0.05) is 52.5 Å². The lowest BCUT2D eigenvalue weighted by atomic mass is 9.89. The van der Waals surface area contributed by atoms with E-state index >= 15 is 0 Å². The molecule has 0 aromatic heterocycles. The maximum absolute atomic E-state index is 13.8. The van der Waals surface area contributed by atoms with Gasteiger partial charge in [0.05, 0.1) is 0 Å². The summed E-state index contributed by atoms with van der Waals surface area (Å²) in [5, 5.41) is 0. The van der Waals surface area contributed by atoms with Gasteiger partial charge in [0.1, 0.15) is 28.6 Å². The second kappa shape index (κ2) is 9.94. The van der Waals surface area contributed by atoms with E-state index in [9.17, 15) is 24.0 Å². The van der Waals surface area contributed by atoms with Gasteiger partial charge >= 0.3 is 29.7 Å². The third-order valence-corrected chi connectivity index (χ3v) is 4.71. The van der Waals surface area contributed by atoms with Gasteiger partial charge in [-0.3, -0.25) is 24.0 Å². The molecule has 2 aromatic rings. The number of rotatable bonds is 6. The van der Waals surface area contributed by atoms with E-state index in [0.717, 1.165) is 33.9 Å². The third kappa shape index (κ3) is 5.30. The first kappa shape index (κ1) is 25.4. The molecule has 1 aliphatic heterocycles. The quantitative estimate of drug-likeness (QED) is 0.338. The van der Waals surface area contributed by atoms with E-state index in [0.29, 0.717) is 0 Å². The van der Waals surface area contributed by atoms with Crippen LogP contribution in [0, 0.1) is 0 Å². The van der Waals surface area contributed by atoms with Gasteiger partial charge in [-0.2, -0.15) is 0 Å². The fraction of sp³-hybridized carbons (Fsp3) is 0.292. The van der Waals surface area contributed by atoms with E-state index in [2.05, 4.69) is 0 Å². The Morgan fingerprint density at radius 2 is 1.46 bits per heavy atom. The normalized spacial score (nSPS) is 18.5. The molecule has 0 unspecified atom stereocenters. The molecule has 11 heteroatoms. The summed E-state index contributed by atoms with van der Waals surface area (Å²) in [7, 11) is 1.14. The molecule has 0 bridgehead atoms. The van der Waals surface area contributed by atoms with Gasteiger partial charge in [-0.15, -0.1) is 0 Å². The van der Waals surface area contributed by atoms with Crippen LogP contribution in [0.4, 0.5) is 0 Å². The number of benzene rings is 2. The number of ketones is 1. The lowest BCUT2D eigenvalue weighted by Gasteiger charge is -2.41. The van der Waals surface area contributed by atoms with Gasteiger partial charge in [0.25, 0.3) is 0 Å². The van der Waals surface area contributed by atoms with E-state index < -0.39 is 41.6 Å². The molecule has 2 atom stereocenters. The summed E-state index contributed by atoms with van der Waals surface area (Å²) in [5.74, 6) is -6.48. The van der Waals surface area contributed by atoms with Crippen LogP contribution in [-0.4, -0.2) is 42.6 Å². The molecule has 184 valence electrons. The van der Waals surface area contributed by atoms with Crippen LogP contribution in [0.3, 0.4) is 0 Å². The minimum atomic E-state index is -2.34. The van der Waals surface area contributed by atoms with Crippen molar-refractivity contribution in [3.63, 3.8) is 0 Å². The van der Waals surface area contributed by atoms with Crippen LogP contribution in [0.5, 0.6) is 23.0 Å². The Balaban J connectivity index is 2.26. The molecular weight excluding hydrogens is 464 g/mol. The predicted molar refractivity (Wildman–Crippen MR) is 116 cm³/mol. The minimum absolute atomic E-state index is 0.0647. The van der Waals surface area contributed by atoms with Gasteiger partial charge in [-0.05, 0) is 12.1 Å². The van der Waals surface area contributed by atoms with Crippen LogP contribution < -0.4 is 18.9 Å². The average Bonchev–Trinajstić information content (AvgIpc) is 2.73. The third-order valence-electron chi connectivity index (χ3n) is 4.71. The molecule has 3 rings (SSSR count). The zero-order valence-electron chi connectivity index (χ0n) is 19.5. The standard InChI is InChI=1S/C24H22O11/c1-12(25)31-17-8-6-7-16(9-17)23-24(30-5,35-15(4)28)22(29)21-19(33-14(3)27)10-18(32-13(2)26)11-20(21)34-23/h6-11,23H,1-5H3/t23-,24-/m1/s1. The molecule has 0 radical (unpaired) electrons. The van der Waals surface area contributed by atoms with Crippen LogP contribution in [0.25, 0.3) is 0 Å². The number of carbonyl (C=O) groups is 5. The number of Topliss-reactive ketones (excluding diaryl/α,β-unsaturated/α-hetero) is 1. The van der Waals surface area contributed by atoms with Gasteiger partial charge in [-0.1, -0.05) is 12.1 Å². The van der Waals surface area contributed by atoms with Crippen molar-refractivity contribution < 1.29 is 52.4 Å². The number of fused-ring (bicyclic) bond motifs is 1. The molecule has 0 fully saturated rings. The monoisotopic (exact) mass is 486 g/mol. The Bertz CT molecular complexity index is 1220. The first-order chi connectivity index (χ1) is 16.5. The smallest absolute Gasteiger partial charge is 0.319 e. The number of hydrogen-bond acceptors (Lipinski definition) is 11. The molecule has 11 nitrogen and oxygen atoms in total. The lowest BCUT2D eigenvalue weighted by molar-refractivity contribution is -0.231. The molecule has 0 saturated heterocycles. The first-order valence-electron chi connectivity index (χ1n) is 10.3. The maximum Gasteiger partial charge on any atom is 0.319 e. The summed E-state index contributed by atoms with van der Waals surface area (Å²) in [4.78, 5) is 60.5. The Morgan fingerprint density at radius 3 is 2.03 bits per heavy atom. The Kier molecular flexibility index (Phi) is 7.20. The largest absolute Gasteiger partial charge is 0.477 e. The molecule has 1 heterocycles. The van der Waals surface area contributed by atoms with E-state index in [4.69, 9.17) is 28.4 Å². The minimum Gasteiger partial charge on any atom is -0.477 e. The topological polar surface area (TPSA) is 141 Å². The molecule has 1 aliphatic rings. The van der Waals surface area contributed by atoms with Gasteiger partial charge in [-0.25, -0.2) is 0 Å². The number of esters is 4. The number of carbonyl (C=O) groups excluding carboxylic acids is 5. The second-order valence-corrected chi connectivity index (χ2v) is 7.44. The van der Waals surface area contributed by atoms with Gasteiger partial charge < -0.3 is 28.4 Å². The molecule has 0 amide bonds. The van der Waals surface area contributed by atoms with Crippen LogP contribution in [0.15, 0.2) is 36.4 Å². The highest BCUT2D eigenvalue weighted by atomic mass is 16.7. The number of ether oxygens (including phenoxy) is 6. The van der Waals surface area contributed by atoms with Crippen LogP contribution in [0.2, 0.25) is 0 Å². The van der Waals surface area contributed by atoms with Crippen molar-refractivity contribution in [1.82, 2.24) is 0 Å². The van der Waals surface area contributed by atoms with Gasteiger partial charge in [0.2, 0.25) is 5.78 Å². The van der Waals surface area contributed by atoms with E-state index in [-0.39, 0.29) is 34.1 Å². The van der Waals surface area contributed by atoms with Crippen LogP contribution >= 0.6 is 0 Å². The summed E-state index contributed by atoms with van der Waals surface area (Å²) < 4.78 is 32.2. The molecule has 0 saturated carbocycles. The summed E-state index contributed by atoms with van der Waals surface area (Å²) >= 11 is 0. The van der Waals surface area contributed by atoms with Crippen LogP contribution in [0.1, 0.15) is 49.7 Å². The fourth-order valence-corrected chi connectivity index (χ4v) is 3.59. The van der Waals surface area contributed by atoms with Crippen molar-refractivity contribution in [2.75, 3.05) is 7.11 Å². The summed E-state index contributed by atoms with van der Waals surface area (Å²) in [6.07, 6.45) is -1.40. The predicted octanol–water partition coefficient (Wildman–Crippen LogP) is 2.68. The lowest BCUT2D eigenvalue weighted by Crippen LogP contribution is -2.54. The summed E-state index contributed by atoms with van der Waals surface area (Å²) in [6.45, 7) is 4.57. The van der Waals surface area contributed by atoms with E-state index in [1.54, 1.807) is 0 Å². The van der Waals surface area contributed by atoms with Crippen LogP contribution in [-0.2, 0) is 28.7 Å². The summed E-state index contributed by atoms with van der Waals surface area (Å²) in [5.41, 5.74) is -0.0237. The van der Waals surface area contributed by atoms with Crippen molar-refractivity contribution in [2.45, 2.75) is 39.6 Å². The SMILES string of the molecule is CO[C@@]1(OC(C)=O)C(=O)c2c(OC(C)=O)cc(OC(C)=O)cc2O[C@@H]1c1cccc(OC(C)=O)c1. The summed E-state index contributed by atoms with van der Waals surface area (Å²) in [6, 6.07) is 8.38. The fourth-order valence-electron chi connectivity index (χ4n) is 3.59. The molecular formula is C24H22O11.